The van der Waals surface area contributed by atoms with Gasteiger partial charge < -0.3 is 0 Å². The van der Waals surface area contributed by atoms with Crippen LogP contribution in [-0.4, -0.2) is 19.9 Å². The molecule has 4 nitrogen and oxygen atoms in total. The van der Waals surface area contributed by atoms with Gasteiger partial charge in [-0.2, -0.15) is 0 Å². The van der Waals surface area contributed by atoms with Crippen LogP contribution in [0.1, 0.15) is 74.5 Å². The minimum atomic E-state index is -0.177. The van der Waals surface area contributed by atoms with Gasteiger partial charge in [0.05, 0.1) is 22.8 Å². The quantitative estimate of drug-likeness (QED) is 0.123. The minimum Gasteiger partial charge on any atom is -0.228 e. The molecule has 9 rings (SSSR count). The van der Waals surface area contributed by atoms with Gasteiger partial charge in [-0.3, -0.25) is 0 Å². The van der Waals surface area contributed by atoms with Crippen LogP contribution in [0.15, 0.2) is 183 Å². The third kappa shape index (κ3) is 8.00. The fourth-order valence-electron chi connectivity index (χ4n) is 8.86. The van der Waals surface area contributed by atoms with Crippen molar-refractivity contribution in [2.75, 3.05) is 0 Å². The van der Waals surface area contributed by atoms with E-state index in [1.165, 1.54) is 21.9 Å². The van der Waals surface area contributed by atoms with Crippen LogP contribution >= 0.6 is 0 Å². The molecule has 62 heavy (non-hydrogen) atoms. The average Bonchev–Trinajstić information content (AvgIpc) is 3.35. The van der Waals surface area contributed by atoms with Crippen molar-refractivity contribution < 1.29 is 0 Å². The standard InChI is InChI=1S/C58H50N4/c1-5-17-46-36-48(26-24-40(46)6-2)54-38-52(59-56(61-54)44-19-11-9-12-20-44)42-28-32-50(33-29-42)58(7-3,8-4)51-34-30-43(31-35-51)53-39-55(62-57(60-53)45-21-13-10-14-22-45)49-27-25-41-18-15-16-23-47(41)37-49/h5-6,10-11,13-39H,2,7-9,12H2,1,3-4H3/b17-5-. The molecule has 0 saturated heterocycles. The first-order valence-electron chi connectivity index (χ1n) is 21.8. The minimum absolute atomic E-state index is 0.177. The van der Waals surface area contributed by atoms with Crippen LogP contribution in [0, 0.1) is 0 Å². The van der Waals surface area contributed by atoms with Gasteiger partial charge in [0.1, 0.15) is 0 Å². The summed E-state index contributed by atoms with van der Waals surface area (Å²) in [7, 11) is 0. The maximum Gasteiger partial charge on any atom is 0.160 e. The number of allylic oxidation sites excluding steroid dienone is 5. The van der Waals surface area contributed by atoms with E-state index in [1.807, 2.05) is 31.2 Å². The number of fused-ring (bicyclic) bond motifs is 1. The summed E-state index contributed by atoms with van der Waals surface area (Å²) in [6.45, 7) is 10.7. The molecular formula is C58H50N4. The SMILES string of the molecule is C=Cc1ccc(-c2cc(-c3ccc(C(CC)(CC)c4ccc(-c5cc(-c6ccc7ccccc7c6)nc(-c6ccccc6)n5)cc4)cc3)nc(C3=CCCC=C3)n2)cc1/C=C\C. The van der Waals surface area contributed by atoms with Gasteiger partial charge in [-0.25, -0.2) is 19.9 Å². The van der Waals surface area contributed by atoms with E-state index >= 15 is 0 Å². The van der Waals surface area contributed by atoms with Crippen LogP contribution in [0.5, 0.6) is 0 Å². The van der Waals surface area contributed by atoms with Crippen molar-refractivity contribution in [2.45, 2.75) is 51.9 Å². The van der Waals surface area contributed by atoms with Gasteiger partial charge >= 0.3 is 0 Å². The molecule has 1 aliphatic rings. The molecule has 0 radical (unpaired) electrons. The first-order valence-corrected chi connectivity index (χ1v) is 21.8. The molecule has 8 aromatic rings. The van der Waals surface area contributed by atoms with E-state index in [2.05, 4.69) is 184 Å². The fourth-order valence-corrected chi connectivity index (χ4v) is 8.86. The third-order valence-electron chi connectivity index (χ3n) is 12.4. The summed E-state index contributed by atoms with van der Waals surface area (Å²) in [4.78, 5) is 20.5. The topological polar surface area (TPSA) is 51.6 Å². The van der Waals surface area contributed by atoms with E-state index in [9.17, 15) is 0 Å². The molecule has 1 aliphatic carbocycles. The van der Waals surface area contributed by atoms with Gasteiger partial charge in [-0.1, -0.05) is 184 Å². The molecule has 0 atom stereocenters. The van der Waals surface area contributed by atoms with Crippen molar-refractivity contribution >= 4 is 28.5 Å². The Hall–Kier alpha value is -7.30. The molecule has 302 valence electrons. The highest BCUT2D eigenvalue weighted by atomic mass is 14.9. The molecule has 0 fully saturated rings. The number of hydrogen-bond donors (Lipinski definition) is 0. The predicted molar refractivity (Wildman–Crippen MR) is 261 cm³/mol. The van der Waals surface area contributed by atoms with Crippen LogP contribution in [0.3, 0.4) is 0 Å². The number of benzene rings is 6. The summed E-state index contributed by atoms with van der Waals surface area (Å²) in [5.41, 5.74) is 14.5. The first-order chi connectivity index (χ1) is 30.5. The van der Waals surface area contributed by atoms with E-state index in [0.717, 1.165) is 98.8 Å². The van der Waals surface area contributed by atoms with E-state index in [-0.39, 0.29) is 5.41 Å². The van der Waals surface area contributed by atoms with Crippen LogP contribution in [-0.2, 0) is 5.41 Å². The maximum absolute atomic E-state index is 5.17. The highest BCUT2D eigenvalue weighted by Crippen LogP contribution is 2.41. The molecule has 0 saturated carbocycles. The largest absolute Gasteiger partial charge is 0.228 e. The van der Waals surface area contributed by atoms with E-state index < -0.39 is 0 Å². The Morgan fingerprint density at radius 1 is 0.516 bits per heavy atom. The zero-order chi connectivity index (χ0) is 42.5. The summed E-state index contributed by atoms with van der Waals surface area (Å²) in [5.74, 6) is 1.46. The Kier molecular flexibility index (Phi) is 11.5. The molecule has 0 spiro atoms. The van der Waals surface area contributed by atoms with Gasteiger partial charge in [0.25, 0.3) is 0 Å². The number of hydrogen-bond acceptors (Lipinski definition) is 4. The Labute approximate surface area is 365 Å². The lowest BCUT2D eigenvalue weighted by molar-refractivity contribution is 0.478. The van der Waals surface area contributed by atoms with Crippen molar-refractivity contribution in [1.29, 1.82) is 0 Å². The van der Waals surface area contributed by atoms with Crippen LogP contribution in [0.2, 0.25) is 0 Å². The normalized spacial score (nSPS) is 12.8. The molecule has 0 aliphatic heterocycles. The fraction of sp³-hybridized carbons (Fsp3) is 0.138. The second-order valence-electron chi connectivity index (χ2n) is 16.0. The summed E-state index contributed by atoms with van der Waals surface area (Å²) in [5, 5.41) is 2.40. The maximum atomic E-state index is 5.17. The third-order valence-corrected chi connectivity index (χ3v) is 12.4. The Morgan fingerprint density at radius 3 is 1.65 bits per heavy atom. The monoisotopic (exact) mass is 802 g/mol. The molecular weight excluding hydrogens is 753 g/mol. The summed E-state index contributed by atoms with van der Waals surface area (Å²) >= 11 is 0. The molecule has 0 unspecified atom stereocenters. The van der Waals surface area contributed by atoms with Gasteiger partial charge in [0, 0.05) is 38.8 Å². The Balaban J connectivity index is 1.06. The highest BCUT2D eigenvalue weighted by Gasteiger charge is 2.31. The Bertz CT molecular complexity index is 2990. The number of aromatic nitrogens is 4. The van der Waals surface area contributed by atoms with Crippen molar-refractivity contribution in [3.8, 4) is 56.4 Å². The van der Waals surface area contributed by atoms with Gasteiger partial charge in [-0.05, 0) is 89.9 Å². The van der Waals surface area contributed by atoms with E-state index in [4.69, 9.17) is 19.9 Å². The van der Waals surface area contributed by atoms with Crippen molar-refractivity contribution in [1.82, 2.24) is 19.9 Å². The smallest absolute Gasteiger partial charge is 0.160 e. The second kappa shape index (κ2) is 17.7. The van der Waals surface area contributed by atoms with Gasteiger partial charge in [0.2, 0.25) is 0 Å². The predicted octanol–water partition coefficient (Wildman–Crippen LogP) is 15.3. The highest BCUT2D eigenvalue weighted by molar-refractivity contribution is 5.87. The number of rotatable bonds is 12. The van der Waals surface area contributed by atoms with E-state index in [0.29, 0.717) is 5.82 Å². The lowest BCUT2D eigenvalue weighted by Crippen LogP contribution is -2.26. The molecule has 0 N–H and O–H groups in total. The summed E-state index contributed by atoms with van der Waals surface area (Å²) < 4.78 is 0. The van der Waals surface area contributed by atoms with Gasteiger partial charge in [-0.15, -0.1) is 0 Å². The Morgan fingerprint density at radius 2 is 1.06 bits per heavy atom. The lowest BCUT2D eigenvalue weighted by Gasteiger charge is -2.33. The zero-order valence-electron chi connectivity index (χ0n) is 35.7. The first kappa shape index (κ1) is 40.1. The molecule has 2 aromatic heterocycles. The van der Waals surface area contributed by atoms with E-state index in [1.54, 1.807) is 0 Å². The molecule has 0 bridgehead atoms. The summed E-state index contributed by atoms with van der Waals surface area (Å²) in [6, 6.07) is 54.1. The second-order valence-corrected chi connectivity index (χ2v) is 16.0. The van der Waals surface area contributed by atoms with Crippen molar-refractivity contribution in [3.05, 3.63) is 211 Å². The molecule has 2 heterocycles. The average molecular weight is 803 g/mol. The van der Waals surface area contributed by atoms with Crippen LogP contribution in [0.25, 0.3) is 84.9 Å². The van der Waals surface area contributed by atoms with Crippen molar-refractivity contribution in [2.24, 2.45) is 0 Å². The lowest BCUT2D eigenvalue weighted by atomic mass is 9.70. The molecule has 0 amide bonds. The number of nitrogens with zero attached hydrogens (tertiary/aromatic N) is 4. The summed E-state index contributed by atoms with van der Waals surface area (Å²) in [6.07, 6.45) is 16.6. The molecule has 6 aromatic carbocycles. The zero-order valence-corrected chi connectivity index (χ0v) is 35.7. The van der Waals surface area contributed by atoms with Crippen LogP contribution < -0.4 is 0 Å². The molecule has 4 heteroatoms. The van der Waals surface area contributed by atoms with Crippen molar-refractivity contribution in [3.63, 3.8) is 0 Å². The van der Waals surface area contributed by atoms with Crippen LogP contribution in [0.4, 0.5) is 0 Å². The van der Waals surface area contributed by atoms with Gasteiger partial charge in [0.15, 0.2) is 11.6 Å².